The Morgan fingerprint density at radius 2 is 1.71 bits per heavy atom. The number of aromatic nitrogens is 1. The predicted octanol–water partition coefficient (Wildman–Crippen LogP) is 3.60. The lowest BCUT2D eigenvalue weighted by molar-refractivity contribution is 0.0950. The van der Waals surface area contributed by atoms with Gasteiger partial charge in [0.15, 0.2) is 0 Å². The number of nitrogens with one attached hydrogen (secondary N) is 2. The lowest BCUT2D eigenvalue weighted by atomic mass is 10.2. The fourth-order valence-electron chi connectivity index (χ4n) is 2.33. The minimum absolute atomic E-state index is 0.0306. The molecule has 9 heteroatoms. The van der Waals surface area contributed by atoms with E-state index in [2.05, 4.69) is 15.0 Å². The van der Waals surface area contributed by atoms with Crippen molar-refractivity contribution in [2.45, 2.75) is 11.4 Å². The molecule has 0 atom stereocenters. The summed E-state index contributed by atoms with van der Waals surface area (Å²) in [6.45, 7) is 0.194. The molecule has 0 unspecified atom stereocenters. The minimum atomic E-state index is -3.85. The van der Waals surface area contributed by atoms with Gasteiger partial charge in [0.2, 0.25) is 0 Å². The quantitative estimate of drug-likeness (QED) is 0.639. The fraction of sp³-hybridized carbons (Fsp3) is 0.0526. The van der Waals surface area contributed by atoms with Gasteiger partial charge < -0.3 is 5.32 Å². The van der Waals surface area contributed by atoms with Crippen LogP contribution in [0.15, 0.2) is 71.9 Å². The van der Waals surface area contributed by atoms with Crippen molar-refractivity contribution in [2.75, 3.05) is 4.72 Å². The molecule has 0 aliphatic carbocycles. The average molecular weight is 420 g/mol. The number of hydrogen-bond donors (Lipinski definition) is 2. The molecule has 0 radical (unpaired) electrons. The van der Waals surface area contributed by atoms with Crippen LogP contribution in [0, 0.1) is 5.82 Å². The van der Waals surface area contributed by atoms with E-state index in [9.17, 15) is 17.6 Å². The number of halogens is 2. The zero-order chi connectivity index (χ0) is 20.1. The Balaban J connectivity index is 1.70. The van der Waals surface area contributed by atoms with Crippen molar-refractivity contribution in [3.8, 4) is 0 Å². The molecule has 28 heavy (non-hydrogen) atoms. The number of sulfonamides is 1. The zero-order valence-corrected chi connectivity index (χ0v) is 16.0. The van der Waals surface area contributed by atoms with Crippen LogP contribution in [0.4, 0.5) is 10.1 Å². The number of rotatable bonds is 6. The molecule has 0 fully saturated rings. The number of carbonyl (C=O) groups excluding carboxylic acids is 1. The molecule has 6 nitrogen and oxygen atoms in total. The summed E-state index contributed by atoms with van der Waals surface area (Å²) in [6, 6.07) is 12.8. The predicted molar refractivity (Wildman–Crippen MR) is 104 cm³/mol. The van der Waals surface area contributed by atoms with Crippen LogP contribution in [-0.4, -0.2) is 19.3 Å². The molecule has 0 aliphatic heterocycles. The fourth-order valence-corrected chi connectivity index (χ4v) is 3.49. The second-order valence-electron chi connectivity index (χ2n) is 5.83. The Morgan fingerprint density at radius 3 is 2.39 bits per heavy atom. The number of hydrogen-bond acceptors (Lipinski definition) is 4. The Hall–Kier alpha value is -2.97. The first kappa shape index (κ1) is 19.8. The molecule has 0 saturated heterocycles. The van der Waals surface area contributed by atoms with Gasteiger partial charge in [-0.15, -0.1) is 0 Å². The second-order valence-corrected chi connectivity index (χ2v) is 7.95. The molecule has 2 N–H and O–H groups in total. The van der Waals surface area contributed by atoms with Gasteiger partial charge in [0.05, 0.1) is 22.3 Å². The van der Waals surface area contributed by atoms with Gasteiger partial charge in [-0.25, -0.2) is 12.8 Å². The number of anilines is 1. The lowest BCUT2D eigenvalue weighted by Crippen LogP contribution is -2.23. The standard InChI is InChI=1S/C19H15ClFN3O3S/c20-15-3-7-18(8-4-15)28(26,27)24-17-9-14(11-22-12-17)19(25)23-10-13-1-5-16(21)6-2-13/h1-9,11-12,24H,10H2,(H,23,25). The third-order valence-electron chi connectivity index (χ3n) is 3.74. The monoisotopic (exact) mass is 419 g/mol. The summed E-state index contributed by atoms with van der Waals surface area (Å²) in [5.41, 5.74) is 1.05. The highest BCUT2D eigenvalue weighted by atomic mass is 35.5. The summed E-state index contributed by atoms with van der Waals surface area (Å²) in [5.74, 6) is -0.802. The normalized spacial score (nSPS) is 11.1. The molecule has 2 aromatic carbocycles. The maximum Gasteiger partial charge on any atom is 0.261 e. The van der Waals surface area contributed by atoms with E-state index < -0.39 is 15.9 Å². The van der Waals surface area contributed by atoms with Crippen molar-refractivity contribution in [1.29, 1.82) is 0 Å². The van der Waals surface area contributed by atoms with E-state index in [1.54, 1.807) is 12.1 Å². The van der Waals surface area contributed by atoms with Crippen molar-refractivity contribution in [3.05, 3.63) is 89.0 Å². The topological polar surface area (TPSA) is 88.2 Å². The van der Waals surface area contributed by atoms with Gasteiger partial charge in [0, 0.05) is 17.8 Å². The highest BCUT2D eigenvalue weighted by molar-refractivity contribution is 7.92. The summed E-state index contributed by atoms with van der Waals surface area (Å²) in [5, 5.41) is 3.09. The molecular weight excluding hydrogens is 405 g/mol. The molecule has 0 saturated carbocycles. The Bertz CT molecular complexity index is 1090. The molecule has 0 aliphatic rings. The average Bonchev–Trinajstić information content (AvgIpc) is 2.67. The molecule has 1 aromatic heterocycles. The van der Waals surface area contributed by atoms with Crippen molar-refractivity contribution >= 4 is 33.2 Å². The Labute approximate surface area is 166 Å². The largest absolute Gasteiger partial charge is 0.348 e. The first-order valence-electron chi connectivity index (χ1n) is 8.09. The van der Waals surface area contributed by atoms with E-state index in [0.717, 1.165) is 5.56 Å². The van der Waals surface area contributed by atoms with Gasteiger partial charge in [-0.05, 0) is 48.0 Å². The van der Waals surface area contributed by atoms with Crippen LogP contribution in [0.25, 0.3) is 0 Å². The van der Waals surface area contributed by atoms with Crippen LogP contribution in [0.3, 0.4) is 0 Å². The Kier molecular flexibility index (Phi) is 5.91. The number of benzene rings is 2. The SMILES string of the molecule is O=C(NCc1ccc(F)cc1)c1cncc(NS(=O)(=O)c2ccc(Cl)cc2)c1. The van der Waals surface area contributed by atoms with E-state index in [0.29, 0.717) is 5.02 Å². The van der Waals surface area contributed by atoms with E-state index in [1.807, 2.05) is 0 Å². The summed E-state index contributed by atoms with van der Waals surface area (Å²) in [4.78, 5) is 16.2. The van der Waals surface area contributed by atoms with Crippen LogP contribution < -0.4 is 10.0 Å². The van der Waals surface area contributed by atoms with Gasteiger partial charge in [-0.3, -0.25) is 14.5 Å². The minimum Gasteiger partial charge on any atom is -0.348 e. The smallest absolute Gasteiger partial charge is 0.261 e. The molecule has 1 amide bonds. The molecule has 0 bridgehead atoms. The lowest BCUT2D eigenvalue weighted by Gasteiger charge is -2.10. The van der Waals surface area contributed by atoms with Gasteiger partial charge in [0.1, 0.15) is 5.82 Å². The van der Waals surface area contributed by atoms with Crippen molar-refractivity contribution < 1.29 is 17.6 Å². The third-order valence-corrected chi connectivity index (χ3v) is 5.39. The maximum absolute atomic E-state index is 12.9. The van der Waals surface area contributed by atoms with E-state index in [-0.39, 0.29) is 28.5 Å². The molecule has 144 valence electrons. The first-order valence-corrected chi connectivity index (χ1v) is 9.96. The molecule has 3 rings (SSSR count). The van der Waals surface area contributed by atoms with Gasteiger partial charge in [-0.1, -0.05) is 23.7 Å². The highest BCUT2D eigenvalue weighted by Crippen LogP contribution is 2.18. The van der Waals surface area contributed by atoms with Crippen LogP contribution >= 0.6 is 11.6 Å². The van der Waals surface area contributed by atoms with Crippen LogP contribution in [0.5, 0.6) is 0 Å². The molecule has 0 spiro atoms. The molecule has 3 aromatic rings. The summed E-state index contributed by atoms with van der Waals surface area (Å²) >= 11 is 5.77. The summed E-state index contributed by atoms with van der Waals surface area (Å²) < 4.78 is 40.1. The summed E-state index contributed by atoms with van der Waals surface area (Å²) in [7, 11) is -3.85. The number of carbonyl (C=O) groups is 1. The maximum atomic E-state index is 12.9. The second kappa shape index (κ2) is 8.37. The van der Waals surface area contributed by atoms with Crippen LogP contribution in [0.2, 0.25) is 5.02 Å². The van der Waals surface area contributed by atoms with Gasteiger partial charge >= 0.3 is 0 Å². The number of pyridine rings is 1. The Morgan fingerprint density at radius 1 is 1.04 bits per heavy atom. The van der Waals surface area contributed by atoms with Crippen LogP contribution in [0.1, 0.15) is 15.9 Å². The number of amides is 1. The molecule has 1 heterocycles. The number of nitrogens with zero attached hydrogens (tertiary/aromatic N) is 1. The molecular formula is C19H15ClFN3O3S. The third kappa shape index (κ3) is 5.05. The van der Waals surface area contributed by atoms with E-state index in [4.69, 9.17) is 11.6 Å². The van der Waals surface area contributed by atoms with Crippen LogP contribution in [-0.2, 0) is 16.6 Å². The van der Waals surface area contributed by atoms with Gasteiger partial charge in [-0.2, -0.15) is 0 Å². The van der Waals surface area contributed by atoms with Crippen molar-refractivity contribution in [1.82, 2.24) is 10.3 Å². The van der Waals surface area contributed by atoms with Crippen molar-refractivity contribution in [3.63, 3.8) is 0 Å². The highest BCUT2D eigenvalue weighted by Gasteiger charge is 2.15. The van der Waals surface area contributed by atoms with Crippen molar-refractivity contribution in [2.24, 2.45) is 0 Å². The van der Waals surface area contributed by atoms with E-state index in [1.165, 1.54) is 54.9 Å². The van der Waals surface area contributed by atoms with E-state index >= 15 is 0 Å². The zero-order valence-electron chi connectivity index (χ0n) is 14.4. The summed E-state index contributed by atoms with van der Waals surface area (Å²) in [6.07, 6.45) is 2.62. The first-order chi connectivity index (χ1) is 13.3. The van der Waals surface area contributed by atoms with Gasteiger partial charge in [0.25, 0.3) is 15.9 Å².